The minimum Gasteiger partial charge on any atom is -0.374 e. The molecule has 1 saturated heterocycles. The highest BCUT2D eigenvalue weighted by Crippen LogP contribution is 2.67. The van der Waals surface area contributed by atoms with Gasteiger partial charge in [0.15, 0.2) is 9.93 Å². The zero-order chi connectivity index (χ0) is 28.8. The third kappa shape index (κ3) is 6.29. The van der Waals surface area contributed by atoms with Crippen molar-refractivity contribution in [2.24, 2.45) is 0 Å². The molecule has 0 spiro atoms. The van der Waals surface area contributed by atoms with Gasteiger partial charge in [-0.05, 0) is 22.3 Å². The highest BCUT2D eigenvalue weighted by atomic mass is 35.5. The molecule has 2 aliphatic rings. The molecule has 4 aromatic rings. The van der Waals surface area contributed by atoms with Gasteiger partial charge in [-0.1, -0.05) is 145 Å². The molecule has 0 bridgehead atoms. The molecule has 42 heavy (non-hydrogen) atoms. The first-order valence-electron chi connectivity index (χ1n) is 14.2. The molecular weight excluding hydrogens is 571 g/mol. The number of alkyl halides is 2. The van der Waals surface area contributed by atoms with E-state index in [9.17, 15) is 0 Å². The molecule has 4 aromatic carbocycles. The second kappa shape index (κ2) is 13.3. The molecule has 5 atom stereocenters. The summed E-state index contributed by atoms with van der Waals surface area (Å²) in [6.07, 6.45) is -2.32. The van der Waals surface area contributed by atoms with Crippen LogP contribution in [0, 0.1) is 0 Å². The van der Waals surface area contributed by atoms with Gasteiger partial charge in [-0.15, -0.1) is 0 Å². The van der Waals surface area contributed by atoms with Crippen LogP contribution in [0.2, 0.25) is 0 Å². The predicted molar refractivity (Wildman–Crippen MR) is 163 cm³/mol. The van der Waals surface area contributed by atoms with E-state index in [1.165, 1.54) is 0 Å². The van der Waals surface area contributed by atoms with E-state index in [4.69, 9.17) is 46.9 Å². The van der Waals surface area contributed by atoms with Gasteiger partial charge in [-0.3, -0.25) is 0 Å². The maximum absolute atomic E-state index is 7.03. The van der Waals surface area contributed by atoms with E-state index in [0.717, 1.165) is 22.3 Å². The van der Waals surface area contributed by atoms with Gasteiger partial charge in [-0.2, -0.15) is 0 Å². The Labute approximate surface area is 257 Å². The molecule has 0 N–H and O–H groups in total. The standard InChI is InChI=1S/C35H34Cl2O5/c36-35(37)33-34(35,41-24-29-19-11-4-12-20-29)32(40-23-28-17-9-3-10-18-28)31(39-22-27-15-7-2-8-16-27)30(42-33)25-38-21-26-13-5-1-6-14-26/h1-20,30-33H,21-25H2/t30-,31-,32+,33+,34+/m1/s1. The summed E-state index contributed by atoms with van der Waals surface area (Å²) in [5, 5.41) is 0. The van der Waals surface area contributed by atoms with E-state index < -0.39 is 34.4 Å². The SMILES string of the molecule is ClC1(Cl)[C@H]2O[C@H](COCc3ccccc3)[C@@H](OCc3ccccc3)[C@H](OCc3ccccc3)[C@]21OCc1ccccc1. The van der Waals surface area contributed by atoms with Crippen LogP contribution in [0.15, 0.2) is 121 Å². The molecule has 0 amide bonds. The summed E-state index contributed by atoms with van der Waals surface area (Å²) in [7, 11) is 0. The Morgan fingerprint density at radius 2 is 1.02 bits per heavy atom. The highest BCUT2D eigenvalue weighted by Gasteiger charge is 2.86. The number of fused-ring (bicyclic) bond motifs is 1. The van der Waals surface area contributed by atoms with Crippen LogP contribution < -0.4 is 0 Å². The summed E-state index contributed by atoms with van der Waals surface area (Å²) in [6, 6.07) is 40.0. The molecule has 0 aromatic heterocycles. The van der Waals surface area contributed by atoms with Crippen LogP contribution in [-0.4, -0.2) is 41.0 Å². The average molecular weight is 606 g/mol. The Morgan fingerprint density at radius 3 is 1.55 bits per heavy atom. The van der Waals surface area contributed by atoms with Crippen molar-refractivity contribution in [3.8, 4) is 0 Å². The summed E-state index contributed by atoms with van der Waals surface area (Å²) < 4.78 is 31.3. The summed E-state index contributed by atoms with van der Waals surface area (Å²) >= 11 is 14.1. The number of benzene rings is 4. The number of ether oxygens (including phenoxy) is 5. The fourth-order valence-electron chi connectivity index (χ4n) is 5.56. The van der Waals surface area contributed by atoms with Gasteiger partial charge in [-0.25, -0.2) is 0 Å². The summed E-state index contributed by atoms with van der Waals surface area (Å²) in [5.41, 5.74) is 2.98. The van der Waals surface area contributed by atoms with Gasteiger partial charge in [0.2, 0.25) is 0 Å². The van der Waals surface area contributed by atoms with Crippen molar-refractivity contribution in [3.05, 3.63) is 144 Å². The summed E-state index contributed by atoms with van der Waals surface area (Å²) in [6.45, 7) is 1.70. The molecule has 7 heteroatoms. The first-order chi connectivity index (χ1) is 20.6. The Morgan fingerprint density at radius 1 is 0.571 bits per heavy atom. The lowest BCUT2D eigenvalue weighted by atomic mass is 9.97. The first kappa shape index (κ1) is 29.3. The summed E-state index contributed by atoms with van der Waals surface area (Å²) in [5.74, 6) is 0. The molecule has 0 unspecified atom stereocenters. The Kier molecular flexibility index (Phi) is 9.27. The van der Waals surface area contributed by atoms with Gasteiger partial charge in [0, 0.05) is 0 Å². The van der Waals surface area contributed by atoms with E-state index in [-0.39, 0.29) is 6.61 Å². The molecule has 1 saturated carbocycles. The van der Waals surface area contributed by atoms with Gasteiger partial charge in [0.05, 0.1) is 33.0 Å². The van der Waals surface area contributed by atoms with Crippen molar-refractivity contribution in [1.82, 2.24) is 0 Å². The van der Waals surface area contributed by atoms with E-state index in [1.54, 1.807) is 0 Å². The Balaban J connectivity index is 1.29. The van der Waals surface area contributed by atoms with Gasteiger partial charge < -0.3 is 23.7 Å². The lowest BCUT2D eigenvalue weighted by Gasteiger charge is -2.41. The lowest BCUT2D eigenvalue weighted by Crippen LogP contribution is -2.58. The quantitative estimate of drug-likeness (QED) is 0.150. The second-order valence-electron chi connectivity index (χ2n) is 10.7. The van der Waals surface area contributed by atoms with Crippen LogP contribution in [0.3, 0.4) is 0 Å². The van der Waals surface area contributed by atoms with Crippen LogP contribution in [0.5, 0.6) is 0 Å². The van der Waals surface area contributed by atoms with Crippen molar-refractivity contribution >= 4 is 23.2 Å². The van der Waals surface area contributed by atoms with Crippen molar-refractivity contribution in [3.63, 3.8) is 0 Å². The molecule has 1 aliphatic heterocycles. The number of hydrogen-bond donors (Lipinski definition) is 0. The summed E-state index contributed by atoms with van der Waals surface area (Å²) in [4.78, 5) is 0. The average Bonchev–Trinajstić information content (AvgIpc) is 3.53. The molecule has 1 heterocycles. The Bertz CT molecular complexity index is 1390. The Hall–Kier alpha value is -2.74. The van der Waals surface area contributed by atoms with Gasteiger partial charge >= 0.3 is 0 Å². The van der Waals surface area contributed by atoms with Gasteiger partial charge in [0.1, 0.15) is 24.4 Å². The number of hydrogen-bond acceptors (Lipinski definition) is 5. The fraction of sp³-hybridized carbons (Fsp3) is 0.314. The minimum absolute atomic E-state index is 0.272. The van der Waals surface area contributed by atoms with Crippen LogP contribution in [-0.2, 0) is 50.1 Å². The van der Waals surface area contributed by atoms with Crippen molar-refractivity contribution in [2.75, 3.05) is 6.61 Å². The molecule has 6 rings (SSSR count). The lowest BCUT2D eigenvalue weighted by molar-refractivity contribution is -0.249. The molecule has 2 fully saturated rings. The third-order valence-corrected chi connectivity index (χ3v) is 8.81. The molecule has 5 nitrogen and oxygen atoms in total. The zero-order valence-corrected chi connectivity index (χ0v) is 24.7. The highest BCUT2D eigenvalue weighted by molar-refractivity contribution is 6.53. The van der Waals surface area contributed by atoms with E-state index >= 15 is 0 Å². The van der Waals surface area contributed by atoms with Crippen molar-refractivity contribution < 1.29 is 23.7 Å². The fourth-order valence-corrected chi connectivity index (χ4v) is 6.40. The van der Waals surface area contributed by atoms with Gasteiger partial charge in [0.25, 0.3) is 0 Å². The first-order valence-corrected chi connectivity index (χ1v) is 15.0. The maximum atomic E-state index is 7.03. The zero-order valence-electron chi connectivity index (χ0n) is 23.2. The normalized spacial score (nSPS) is 26.0. The molecular formula is C35H34Cl2O5. The topological polar surface area (TPSA) is 46.2 Å². The van der Waals surface area contributed by atoms with Crippen LogP contribution in [0.4, 0.5) is 0 Å². The van der Waals surface area contributed by atoms with Crippen LogP contribution >= 0.6 is 23.2 Å². The van der Waals surface area contributed by atoms with E-state index in [0.29, 0.717) is 26.4 Å². The number of halogens is 2. The third-order valence-electron chi connectivity index (χ3n) is 7.83. The number of rotatable bonds is 13. The van der Waals surface area contributed by atoms with Crippen LogP contribution in [0.1, 0.15) is 22.3 Å². The predicted octanol–water partition coefficient (Wildman–Crippen LogP) is 7.28. The smallest absolute Gasteiger partial charge is 0.181 e. The minimum atomic E-state index is -1.34. The molecule has 218 valence electrons. The van der Waals surface area contributed by atoms with E-state index in [1.807, 2.05) is 121 Å². The van der Waals surface area contributed by atoms with Crippen molar-refractivity contribution in [2.45, 2.75) is 60.8 Å². The molecule has 0 radical (unpaired) electrons. The van der Waals surface area contributed by atoms with Crippen LogP contribution in [0.25, 0.3) is 0 Å². The largest absolute Gasteiger partial charge is 0.374 e. The maximum Gasteiger partial charge on any atom is 0.181 e. The van der Waals surface area contributed by atoms with E-state index in [2.05, 4.69) is 0 Å². The second-order valence-corrected chi connectivity index (χ2v) is 12.1. The monoisotopic (exact) mass is 604 g/mol. The molecule has 1 aliphatic carbocycles. The van der Waals surface area contributed by atoms with Crippen molar-refractivity contribution in [1.29, 1.82) is 0 Å².